The molecule has 1 fully saturated rings. The molecule has 5 nitrogen and oxygen atoms in total. The molecule has 0 bridgehead atoms. The van der Waals surface area contributed by atoms with Crippen LogP contribution >= 0.6 is 0 Å². The SMILES string of the molecule is CN(C)c1ccc(CNC(=O)[C@@H]2CC3(CCNCC3)Oc3ccccc32)cc1. The Morgan fingerprint density at radius 1 is 1.14 bits per heavy atom. The lowest BCUT2D eigenvalue weighted by atomic mass is 9.77. The van der Waals surface area contributed by atoms with Crippen molar-refractivity contribution in [1.29, 1.82) is 0 Å². The minimum Gasteiger partial charge on any atom is -0.487 e. The van der Waals surface area contributed by atoms with Crippen molar-refractivity contribution < 1.29 is 9.53 Å². The van der Waals surface area contributed by atoms with Crippen LogP contribution in [-0.2, 0) is 11.3 Å². The highest BCUT2D eigenvalue weighted by molar-refractivity contribution is 5.85. The largest absolute Gasteiger partial charge is 0.487 e. The number of benzene rings is 2. The number of anilines is 1. The second kappa shape index (κ2) is 7.84. The van der Waals surface area contributed by atoms with Gasteiger partial charge in [-0.25, -0.2) is 0 Å². The number of amides is 1. The molecule has 0 unspecified atom stereocenters. The Bertz CT molecular complexity index is 826. The van der Waals surface area contributed by atoms with Crippen molar-refractivity contribution >= 4 is 11.6 Å². The van der Waals surface area contributed by atoms with Gasteiger partial charge in [-0.1, -0.05) is 30.3 Å². The van der Waals surface area contributed by atoms with Crippen LogP contribution in [0.25, 0.3) is 0 Å². The zero-order valence-corrected chi connectivity index (χ0v) is 16.7. The number of carbonyl (C=O) groups is 1. The normalized spacial score (nSPS) is 20.1. The van der Waals surface area contributed by atoms with Crippen LogP contribution in [0.3, 0.4) is 0 Å². The van der Waals surface area contributed by atoms with Gasteiger partial charge in [0.2, 0.25) is 5.91 Å². The second-order valence-corrected chi connectivity index (χ2v) is 8.11. The van der Waals surface area contributed by atoms with Crippen molar-refractivity contribution in [3.05, 3.63) is 59.7 Å². The summed E-state index contributed by atoms with van der Waals surface area (Å²) in [6.07, 6.45) is 2.63. The maximum Gasteiger partial charge on any atom is 0.228 e. The van der Waals surface area contributed by atoms with Crippen LogP contribution < -0.4 is 20.3 Å². The van der Waals surface area contributed by atoms with Crippen molar-refractivity contribution in [3.63, 3.8) is 0 Å². The molecule has 2 N–H and O–H groups in total. The maximum atomic E-state index is 13.1. The molecule has 1 amide bonds. The monoisotopic (exact) mass is 379 g/mol. The number of para-hydroxylation sites is 1. The Kier molecular flexibility index (Phi) is 5.27. The van der Waals surface area contributed by atoms with Gasteiger partial charge < -0.3 is 20.3 Å². The van der Waals surface area contributed by atoms with Crippen molar-refractivity contribution in [1.82, 2.24) is 10.6 Å². The van der Waals surface area contributed by atoms with Gasteiger partial charge in [-0.15, -0.1) is 0 Å². The summed E-state index contributed by atoms with van der Waals surface area (Å²) in [6, 6.07) is 16.3. The van der Waals surface area contributed by atoms with Gasteiger partial charge in [-0.05, 0) is 49.7 Å². The van der Waals surface area contributed by atoms with Crippen LogP contribution in [0.1, 0.15) is 36.3 Å². The van der Waals surface area contributed by atoms with Gasteiger partial charge in [0.15, 0.2) is 0 Å². The van der Waals surface area contributed by atoms with Crippen LogP contribution in [0.4, 0.5) is 5.69 Å². The molecule has 2 aromatic carbocycles. The minimum absolute atomic E-state index is 0.0883. The summed E-state index contributed by atoms with van der Waals surface area (Å²) in [5.41, 5.74) is 3.04. The summed E-state index contributed by atoms with van der Waals surface area (Å²) >= 11 is 0. The topological polar surface area (TPSA) is 53.6 Å². The molecule has 2 aromatic rings. The van der Waals surface area contributed by atoms with E-state index < -0.39 is 0 Å². The lowest BCUT2D eigenvalue weighted by Crippen LogP contribution is -2.50. The third-order valence-electron chi connectivity index (χ3n) is 5.95. The summed E-state index contributed by atoms with van der Waals surface area (Å²) < 4.78 is 6.41. The molecular weight excluding hydrogens is 350 g/mol. The van der Waals surface area contributed by atoms with Gasteiger partial charge in [0.05, 0.1) is 5.92 Å². The molecule has 2 heterocycles. The van der Waals surface area contributed by atoms with Crippen LogP contribution in [0.5, 0.6) is 5.75 Å². The van der Waals surface area contributed by atoms with Gasteiger partial charge in [-0.3, -0.25) is 4.79 Å². The van der Waals surface area contributed by atoms with Gasteiger partial charge >= 0.3 is 0 Å². The smallest absolute Gasteiger partial charge is 0.228 e. The molecule has 1 atom stereocenters. The van der Waals surface area contributed by atoms with E-state index in [1.54, 1.807) is 0 Å². The highest BCUT2D eigenvalue weighted by Crippen LogP contribution is 2.44. The van der Waals surface area contributed by atoms with E-state index in [1.807, 2.05) is 38.4 Å². The lowest BCUT2D eigenvalue weighted by molar-refractivity contribution is -0.125. The van der Waals surface area contributed by atoms with Crippen LogP contribution in [0.15, 0.2) is 48.5 Å². The molecule has 28 heavy (non-hydrogen) atoms. The third kappa shape index (κ3) is 3.85. The fourth-order valence-electron chi connectivity index (χ4n) is 4.27. The molecule has 0 aromatic heterocycles. The zero-order chi connectivity index (χ0) is 19.6. The summed E-state index contributed by atoms with van der Waals surface area (Å²) in [4.78, 5) is 15.2. The van der Waals surface area contributed by atoms with E-state index >= 15 is 0 Å². The van der Waals surface area contributed by atoms with Crippen LogP contribution in [-0.4, -0.2) is 38.7 Å². The molecule has 5 heteroatoms. The van der Waals surface area contributed by atoms with Crippen molar-refractivity contribution in [2.75, 3.05) is 32.1 Å². The summed E-state index contributed by atoms with van der Waals surface area (Å²) in [5.74, 6) is 0.792. The first-order valence-electron chi connectivity index (χ1n) is 10.1. The number of nitrogens with one attached hydrogen (secondary N) is 2. The Labute approximate surface area is 167 Å². The Morgan fingerprint density at radius 3 is 2.57 bits per heavy atom. The molecule has 2 aliphatic rings. The van der Waals surface area contributed by atoms with Crippen molar-refractivity contribution in [3.8, 4) is 5.75 Å². The van der Waals surface area contributed by atoms with E-state index in [1.165, 1.54) is 0 Å². The number of ether oxygens (including phenoxy) is 1. The number of nitrogens with zero attached hydrogens (tertiary/aromatic N) is 1. The highest BCUT2D eigenvalue weighted by Gasteiger charge is 2.43. The number of hydrogen-bond acceptors (Lipinski definition) is 4. The molecule has 0 saturated carbocycles. The molecule has 2 aliphatic heterocycles. The maximum absolute atomic E-state index is 13.1. The van der Waals surface area contributed by atoms with E-state index in [2.05, 4.69) is 39.8 Å². The molecule has 4 rings (SSSR count). The van der Waals surface area contributed by atoms with Crippen LogP contribution in [0.2, 0.25) is 0 Å². The van der Waals surface area contributed by atoms with Gasteiger partial charge in [-0.2, -0.15) is 0 Å². The highest BCUT2D eigenvalue weighted by atomic mass is 16.5. The van der Waals surface area contributed by atoms with E-state index in [9.17, 15) is 4.79 Å². The fraction of sp³-hybridized carbons (Fsp3) is 0.435. The lowest BCUT2D eigenvalue weighted by Gasteiger charge is -2.44. The number of rotatable bonds is 4. The summed E-state index contributed by atoms with van der Waals surface area (Å²) in [7, 11) is 4.05. The first-order valence-corrected chi connectivity index (χ1v) is 10.1. The number of hydrogen-bond donors (Lipinski definition) is 2. The van der Waals surface area contributed by atoms with E-state index in [-0.39, 0.29) is 17.4 Å². The van der Waals surface area contributed by atoms with Crippen LogP contribution in [0, 0.1) is 0 Å². The Balaban J connectivity index is 1.49. The van der Waals surface area contributed by atoms with E-state index in [0.29, 0.717) is 6.54 Å². The Morgan fingerprint density at radius 2 is 1.86 bits per heavy atom. The first kappa shape index (κ1) is 18.8. The molecule has 0 radical (unpaired) electrons. The molecular formula is C23H29N3O2. The average molecular weight is 380 g/mol. The quantitative estimate of drug-likeness (QED) is 0.857. The van der Waals surface area contributed by atoms with Gasteiger partial charge in [0.25, 0.3) is 0 Å². The molecule has 0 aliphatic carbocycles. The number of carbonyl (C=O) groups excluding carboxylic acids is 1. The van der Waals surface area contributed by atoms with E-state index in [0.717, 1.165) is 54.9 Å². The third-order valence-corrected chi connectivity index (χ3v) is 5.95. The van der Waals surface area contributed by atoms with Gasteiger partial charge in [0, 0.05) is 38.3 Å². The Hall–Kier alpha value is -2.53. The number of fused-ring (bicyclic) bond motifs is 1. The van der Waals surface area contributed by atoms with Crippen molar-refractivity contribution in [2.45, 2.75) is 37.3 Å². The average Bonchev–Trinajstić information content (AvgIpc) is 2.72. The summed E-state index contributed by atoms with van der Waals surface area (Å²) in [6.45, 7) is 2.42. The molecule has 148 valence electrons. The standard InChI is InChI=1S/C23H29N3O2/c1-26(2)18-9-7-17(8-10-18)16-25-22(27)20-15-23(11-13-24-14-12-23)28-21-6-4-3-5-19(20)21/h3-10,20,24H,11-16H2,1-2H3,(H,25,27)/t20-/m1/s1. The molecule has 1 saturated heterocycles. The predicted molar refractivity (Wildman–Crippen MR) is 112 cm³/mol. The first-order chi connectivity index (χ1) is 13.6. The van der Waals surface area contributed by atoms with E-state index in [4.69, 9.17) is 4.74 Å². The fourth-order valence-corrected chi connectivity index (χ4v) is 4.27. The molecule has 1 spiro atoms. The second-order valence-electron chi connectivity index (χ2n) is 8.11. The predicted octanol–water partition coefficient (Wildman–Crippen LogP) is 3.06. The van der Waals surface area contributed by atoms with Crippen molar-refractivity contribution in [2.24, 2.45) is 0 Å². The minimum atomic E-state index is -0.227. The summed E-state index contributed by atoms with van der Waals surface area (Å²) in [5, 5.41) is 6.56. The zero-order valence-electron chi connectivity index (χ0n) is 16.7. The van der Waals surface area contributed by atoms with Gasteiger partial charge in [0.1, 0.15) is 11.4 Å². The number of piperidine rings is 1.